The van der Waals surface area contributed by atoms with Gasteiger partial charge in [-0.05, 0) is 35.9 Å². The molecular formula is C15H12F3NO2. The van der Waals surface area contributed by atoms with E-state index < -0.39 is 17.7 Å². The molecule has 0 radical (unpaired) electrons. The molecule has 0 aromatic heterocycles. The van der Waals surface area contributed by atoms with Crippen LogP contribution >= 0.6 is 0 Å². The van der Waals surface area contributed by atoms with Crippen LogP contribution in [0.3, 0.4) is 0 Å². The van der Waals surface area contributed by atoms with Gasteiger partial charge in [-0.1, -0.05) is 12.1 Å². The fraction of sp³-hybridized carbons (Fsp3) is 0.133. The third kappa shape index (κ3) is 3.16. The number of carbonyl (C=O) groups is 1. The van der Waals surface area contributed by atoms with E-state index in [0.717, 1.165) is 12.1 Å². The summed E-state index contributed by atoms with van der Waals surface area (Å²) in [5.41, 5.74) is 6.68. The lowest BCUT2D eigenvalue weighted by atomic mass is 10.00. The first kappa shape index (κ1) is 14.9. The second-order valence-corrected chi connectivity index (χ2v) is 4.37. The Bertz CT molecular complexity index is 664. The summed E-state index contributed by atoms with van der Waals surface area (Å²) >= 11 is 0. The molecule has 0 saturated carbocycles. The lowest BCUT2D eigenvalue weighted by Crippen LogP contribution is -2.04. The van der Waals surface area contributed by atoms with Gasteiger partial charge in [0.15, 0.2) is 0 Å². The monoisotopic (exact) mass is 295 g/mol. The zero-order valence-corrected chi connectivity index (χ0v) is 11.1. The molecule has 0 atom stereocenters. The Balaban J connectivity index is 2.44. The molecule has 21 heavy (non-hydrogen) atoms. The highest BCUT2D eigenvalue weighted by molar-refractivity contribution is 5.93. The number of nitrogens with two attached hydrogens (primary N) is 1. The first-order valence-corrected chi connectivity index (χ1v) is 5.98. The molecule has 2 rings (SSSR count). The fourth-order valence-electron chi connectivity index (χ4n) is 1.89. The van der Waals surface area contributed by atoms with Crippen LogP contribution in [0.2, 0.25) is 0 Å². The molecule has 0 unspecified atom stereocenters. The Morgan fingerprint density at radius 2 is 1.71 bits per heavy atom. The maximum Gasteiger partial charge on any atom is 0.416 e. The number of methoxy groups -OCH3 is 1. The molecule has 110 valence electrons. The molecule has 2 aromatic rings. The summed E-state index contributed by atoms with van der Waals surface area (Å²) in [5.74, 6) is -0.539. The number of benzene rings is 2. The van der Waals surface area contributed by atoms with E-state index in [1.165, 1.54) is 37.4 Å². The first-order chi connectivity index (χ1) is 9.82. The lowest BCUT2D eigenvalue weighted by molar-refractivity contribution is -0.137. The van der Waals surface area contributed by atoms with Crippen molar-refractivity contribution in [3.8, 4) is 11.1 Å². The van der Waals surface area contributed by atoms with Crippen molar-refractivity contribution in [3.05, 3.63) is 53.6 Å². The molecule has 0 heterocycles. The molecular weight excluding hydrogens is 283 g/mol. The molecule has 0 aliphatic heterocycles. The van der Waals surface area contributed by atoms with Crippen LogP contribution in [0.5, 0.6) is 0 Å². The zero-order chi connectivity index (χ0) is 15.6. The Hall–Kier alpha value is -2.50. The van der Waals surface area contributed by atoms with Crippen LogP contribution in [0.4, 0.5) is 18.9 Å². The van der Waals surface area contributed by atoms with Crippen molar-refractivity contribution in [1.82, 2.24) is 0 Å². The smallest absolute Gasteiger partial charge is 0.416 e. The summed E-state index contributed by atoms with van der Waals surface area (Å²) in [6.07, 6.45) is -4.39. The van der Waals surface area contributed by atoms with E-state index >= 15 is 0 Å². The van der Waals surface area contributed by atoms with Gasteiger partial charge in [0.25, 0.3) is 0 Å². The molecule has 0 amide bonds. The van der Waals surface area contributed by atoms with Crippen LogP contribution in [-0.4, -0.2) is 13.1 Å². The van der Waals surface area contributed by atoms with Crippen molar-refractivity contribution in [1.29, 1.82) is 0 Å². The summed E-state index contributed by atoms with van der Waals surface area (Å²) in [7, 11) is 1.25. The number of carbonyl (C=O) groups excluding carboxylic acids is 1. The molecule has 0 bridgehead atoms. The predicted molar refractivity (Wildman–Crippen MR) is 72.6 cm³/mol. The molecule has 2 N–H and O–H groups in total. The predicted octanol–water partition coefficient (Wildman–Crippen LogP) is 3.74. The first-order valence-electron chi connectivity index (χ1n) is 5.98. The average Bonchev–Trinajstić information content (AvgIpc) is 2.46. The Morgan fingerprint density at radius 1 is 1.10 bits per heavy atom. The Morgan fingerprint density at radius 3 is 2.24 bits per heavy atom. The summed E-state index contributed by atoms with van der Waals surface area (Å²) in [4.78, 5) is 11.5. The molecule has 0 saturated heterocycles. The number of esters is 1. The van der Waals surface area contributed by atoms with Crippen molar-refractivity contribution in [3.63, 3.8) is 0 Å². The molecule has 3 nitrogen and oxygen atoms in total. The zero-order valence-electron chi connectivity index (χ0n) is 11.1. The van der Waals surface area contributed by atoms with Crippen molar-refractivity contribution < 1.29 is 22.7 Å². The summed E-state index contributed by atoms with van der Waals surface area (Å²) in [6.45, 7) is 0. The van der Waals surface area contributed by atoms with Gasteiger partial charge < -0.3 is 10.5 Å². The largest absolute Gasteiger partial charge is 0.465 e. The molecule has 0 aliphatic rings. The van der Waals surface area contributed by atoms with Crippen molar-refractivity contribution >= 4 is 11.7 Å². The van der Waals surface area contributed by atoms with Gasteiger partial charge in [-0.15, -0.1) is 0 Å². The van der Waals surface area contributed by atoms with Crippen molar-refractivity contribution in [2.24, 2.45) is 0 Å². The number of anilines is 1. The Kier molecular flexibility index (Phi) is 3.88. The number of nitrogen functional groups attached to an aromatic ring is 1. The van der Waals surface area contributed by atoms with Crippen molar-refractivity contribution in [2.75, 3.05) is 12.8 Å². The average molecular weight is 295 g/mol. The van der Waals surface area contributed by atoms with Gasteiger partial charge in [0.2, 0.25) is 0 Å². The van der Waals surface area contributed by atoms with Crippen LogP contribution in [0.15, 0.2) is 42.5 Å². The van der Waals surface area contributed by atoms with Crippen LogP contribution in [0.25, 0.3) is 11.1 Å². The van der Waals surface area contributed by atoms with Crippen molar-refractivity contribution in [2.45, 2.75) is 6.18 Å². The van der Waals surface area contributed by atoms with Gasteiger partial charge in [0.1, 0.15) is 0 Å². The number of alkyl halides is 3. The molecule has 0 aliphatic carbocycles. The highest BCUT2D eigenvalue weighted by Crippen LogP contribution is 2.32. The van der Waals surface area contributed by atoms with Crippen LogP contribution in [-0.2, 0) is 10.9 Å². The van der Waals surface area contributed by atoms with Crippen LogP contribution in [0.1, 0.15) is 15.9 Å². The van der Waals surface area contributed by atoms with E-state index in [1.807, 2.05) is 0 Å². The van der Waals surface area contributed by atoms with Gasteiger partial charge >= 0.3 is 12.1 Å². The molecule has 2 aromatic carbocycles. The number of halogens is 3. The highest BCUT2D eigenvalue weighted by atomic mass is 19.4. The molecule has 0 spiro atoms. The maximum atomic E-state index is 12.5. The summed E-state index contributed by atoms with van der Waals surface area (Å²) in [6, 6.07) is 9.07. The third-order valence-electron chi connectivity index (χ3n) is 3.00. The van der Waals surface area contributed by atoms with Gasteiger partial charge in [0.05, 0.1) is 18.2 Å². The summed E-state index contributed by atoms with van der Waals surface area (Å²) in [5, 5.41) is 0. The SMILES string of the molecule is COC(=O)c1ccc(N)c(-c2ccc(C(F)(F)F)cc2)c1. The quantitative estimate of drug-likeness (QED) is 0.678. The number of rotatable bonds is 2. The minimum absolute atomic E-state index is 0.279. The number of hydrogen-bond acceptors (Lipinski definition) is 3. The van der Waals surface area contributed by atoms with E-state index in [9.17, 15) is 18.0 Å². The van der Waals surface area contributed by atoms with Gasteiger partial charge in [-0.2, -0.15) is 13.2 Å². The van der Waals surface area contributed by atoms with E-state index in [0.29, 0.717) is 16.8 Å². The molecule has 6 heteroatoms. The third-order valence-corrected chi connectivity index (χ3v) is 3.00. The second-order valence-electron chi connectivity index (χ2n) is 4.37. The minimum atomic E-state index is -4.39. The fourth-order valence-corrected chi connectivity index (χ4v) is 1.89. The maximum absolute atomic E-state index is 12.5. The highest BCUT2D eigenvalue weighted by Gasteiger charge is 2.30. The number of ether oxygens (including phenoxy) is 1. The van der Waals surface area contributed by atoms with E-state index in [2.05, 4.69) is 4.74 Å². The van der Waals surface area contributed by atoms with E-state index in [-0.39, 0.29) is 5.56 Å². The second kappa shape index (κ2) is 5.47. The van der Waals surface area contributed by atoms with Gasteiger partial charge in [-0.3, -0.25) is 0 Å². The van der Waals surface area contributed by atoms with Gasteiger partial charge in [-0.25, -0.2) is 4.79 Å². The number of hydrogen-bond donors (Lipinski definition) is 1. The lowest BCUT2D eigenvalue weighted by Gasteiger charge is -2.10. The Labute approximate surface area is 119 Å². The minimum Gasteiger partial charge on any atom is -0.465 e. The summed E-state index contributed by atoms with van der Waals surface area (Å²) < 4.78 is 42.2. The normalized spacial score (nSPS) is 11.2. The van der Waals surface area contributed by atoms with Gasteiger partial charge in [0, 0.05) is 11.3 Å². The van der Waals surface area contributed by atoms with E-state index in [1.54, 1.807) is 0 Å². The molecule has 0 fully saturated rings. The van der Waals surface area contributed by atoms with E-state index in [4.69, 9.17) is 5.73 Å². The van der Waals surface area contributed by atoms with Crippen LogP contribution < -0.4 is 5.73 Å². The topological polar surface area (TPSA) is 52.3 Å². The van der Waals surface area contributed by atoms with Crippen LogP contribution in [0, 0.1) is 0 Å². The standard InChI is InChI=1S/C15H12F3NO2/c1-21-14(20)10-4-7-13(19)12(8-10)9-2-5-11(6-3-9)15(16,17)18/h2-8H,19H2,1H3.